The maximum absolute atomic E-state index is 12.7. The van der Waals surface area contributed by atoms with Crippen molar-refractivity contribution in [3.05, 3.63) is 65.1 Å². The first kappa shape index (κ1) is 21.3. The SMILES string of the molecule is CCOC(=O)c1c(-c2cccs2)csc1NC(=O)CSc1nc[nH][n+]1-c1ccccc1. The second-order valence-electron chi connectivity index (χ2n) is 6.23. The van der Waals surface area contributed by atoms with Crippen LogP contribution in [0.5, 0.6) is 0 Å². The van der Waals surface area contributed by atoms with Crippen molar-refractivity contribution in [1.29, 1.82) is 0 Å². The number of H-pyrrole nitrogens is 1. The van der Waals surface area contributed by atoms with Gasteiger partial charge in [-0.15, -0.1) is 27.4 Å². The molecule has 1 amide bonds. The molecule has 0 fully saturated rings. The molecule has 0 aliphatic heterocycles. The van der Waals surface area contributed by atoms with E-state index in [1.165, 1.54) is 34.4 Å². The molecule has 0 aliphatic carbocycles. The Morgan fingerprint density at radius 2 is 2.03 bits per heavy atom. The number of rotatable bonds is 8. The van der Waals surface area contributed by atoms with Crippen molar-refractivity contribution in [3.63, 3.8) is 0 Å². The van der Waals surface area contributed by atoms with E-state index in [1.807, 2.05) is 57.9 Å². The van der Waals surface area contributed by atoms with E-state index in [2.05, 4.69) is 15.4 Å². The summed E-state index contributed by atoms with van der Waals surface area (Å²) in [4.78, 5) is 30.5. The Morgan fingerprint density at radius 3 is 2.77 bits per heavy atom. The summed E-state index contributed by atoms with van der Waals surface area (Å²) in [5.41, 5.74) is 2.09. The molecular weight excluding hydrogens is 452 g/mol. The quantitative estimate of drug-likeness (QED) is 0.226. The third-order valence-electron chi connectivity index (χ3n) is 4.21. The molecule has 2 N–H and O–H groups in total. The molecule has 7 nitrogen and oxygen atoms in total. The Hall–Kier alpha value is -2.95. The average molecular weight is 472 g/mol. The Labute approximate surface area is 191 Å². The second kappa shape index (κ2) is 9.90. The number of aromatic amines is 1. The maximum Gasteiger partial charge on any atom is 0.385 e. The number of ether oxygens (including phenoxy) is 1. The van der Waals surface area contributed by atoms with E-state index in [0.717, 1.165) is 16.1 Å². The number of esters is 1. The van der Waals surface area contributed by atoms with Crippen LogP contribution in [0.25, 0.3) is 16.1 Å². The molecule has 4 aromatic rings. The van der Waals surface area contributed by atoms with E-state index in [9.17, 15) is 9.59 Å². The summed E-state index contributed by atoms with van der Waals surface area (Å²) in [6, 6.07) is 13.6. The molecule has 0 spiro atoms. The van der Waals surface area contributed by atoms with Crippen LogP contribution >= 0.6 is 34.4 Å². The predicted molar refractivity (Wildman–Crippen MR) is 123 cm³/mol. The van der Waals surface area contributed by atoms with Crippen LogP contribution < -0.4 is 10.00 Å². The highest BCUT2D eigenvalue weighted by atomic mass is 32.2. The zero-order chi connectivity index (χ0) is 21.6. The van der Waals surface area contributed by atoms with E-state index < -0.39 is 5.97 Å². The largest absolute Gasteiger partial charge is 0.462 e. The molecule has 4 rings (SSSR count). The van der Waals surface area contributed by atoms with Gasteiger partial charge in [-0.1, -0.05) is 24.3 Å². The van der Waals surface area contributed by atoms with Crippen molar-refractivity contribution >= 4 is 51.3 Å². The normalized spacial score (nSPS) is 10.7. The van der Waals surface area contributed by atoms with Crippen LogP contribution in [0, 0.1) is 0 Å². The minimum Gasteiger partial charge on any atom is -0.462 e. The van der Waals surface area contributed by atoms with E-state index in [0.29, 0.717) is 15.7 Å². The Bertz CT molecular complexity index is 1170. The molecule has 0 bridgehead atoms. The molecule has 0 unspecified atom stereocenters. The minimum absolute atomic E-state index is 0.145. The van der Waals surface area contributed by atoms with Gasteiger partial charge in [0.25, 0.3) is 0 Å². The number of thiophene rings is 2. The molecule has 1 aromatic carbocycles. The zero-order valence-corrected chi connectivity index (χ0v) is 19.0. The van der Waals surface area contributed by atoms with E-state index in [1.54, 1.807) is 13.3 Å². The van der Waals surface area contributed by atoms with Crippen LogP contribution in [0.1, 0.15) is 17.3 Å². The lowest BCUT2D eigenvalue weighted by atomic mass is 10.1. The van der Waals surface area contributed by atoms with Gasteiger partial charge in [0.1, 0.15) is 10.6 Å². The lowest BCUT2D eigenvalue weighted by Crippen LogP contribution is -2.35. The third kappa shape index (κ3) is 4.87. The van der Waals surface area contributed by atoms with Crippen LogP contribution in [0.15, 0.2) is 64.7 Å². The number of nitrogens with one attached hydrogen (secondary N) is 2. The van der Waals surface area contributed by atoms with E-state index >= 15 is 0 Å². The van der Waals surface area contributed by atoms with Crippen LogP contribution in [0.4, 0.5) is 5.00 Å². The third-order valence-corrected chi connectivity index (χ3v) is 6.96. The van der Waals surface area contributed by atoms with Gasteiger partial charge < -0.3 is 10.1 Å². The topological polar surface area (TPSA) is 88.0 Å². The molecule has 0 aliphatic rings. The molecule has 0 atom stereocenters. The van der Waals surface area contributed by atoms with Crippen LogP contribution in [0.3, 0.4) is 0 Å². The number of carbonyl (C=O) groups is 2. The van der Waals surface area contributed by atoms with Gasteiger partial charge in [-0.25, -0.2) is 4.79 Å². The summed E-state index contributed by atoms with van der Waals surface area (Å²) in [5.74, 6) is -0.520. The molecule has 3 aromatic heterocycles. The smallest absolute Gasteiger partial charge is 0.385 e. The first-order valence-electron chi connectivity index (χ1n) is 9.43. The number of thioether (sulfide) groups is 1. The van der Waals surface area contributed by atoms with Gasteiger partial charge in [0.2, 0.25) is 12.2 Å². The van der Waals surface area contributed by atoms with Crippen molar-refractivity contribution in [1.82, 2.24) is 10.1 Å². The lowest BCUT2D eigenvalue weighted by Gasteiger charge is -2.07. The first-order valence-corrected chi connectivity index (χ1v) is 12.2. The molecule has 0 saturated heterocycles. The highest BCUT2D eigenvalue weighted by Gasteiger charge is 2.24. The number of nitrogens with zero attached hydrogens (tertiary/aromatic N) is 2. The van der Waals surface area contributed by atoms with E-state index in [4.69, 9.17) is 4.74 Å². The van der Waals surface area contributed by atoms with Crippen molar-refractivity contribution in [2.45, 2.75) is 12.1 Å². The summed E-state index contributed by atoms with van der Waals surface area (Å²) in [5, 5.41) is 10.9. The molecular formula is C21H19N4O3S3+. The first-order chi connectivity index (χ1) is 15.2. The van der Waals surface area contributed by atoms with E-state index in [-0.39, 0.29) is 18.3 Å². The summed E-state index contributed by atoms with van der Waals surface area (Å²) in [7, 11) is 0. The van der Waals surface area contributed by atoms with Crippen molar-refractivity contribution in [2.75, 3.05) is 17.7 Å². The summed E-state index contributed by atoms with van der Waals surface area (Å²) in [6.45, 7) is 2.02. The van der Waals surface area contributed by atoms with Gasteiger partial charge in [-0.3, -0.25) is 4.79 Å². The van der Waals surface area contributed by atoms with Gasteiger partial charge >= 0.3 is 11.1 Å². The number of benzene rings is 1. The van der Waals surface area contributed by atoms with Gasteiger partial charge in [0, 0.05) is 15.8 Å². The number of aromatic nitrogens is 3. The number of para-hydroxylation sites is 1. The van der Waals surface area contributed by atoms with Crippen molar-refractivity contribution in [2.24, 2.45) is 0 Å². The van der Waals surface area contributed by atoms with Gasteiger partial charge in [0.15, 0.2) is 5.69 Å². The molecule has 0 saturated carbocycles. The minimum atomic E-state index is -0.440. The highest BCUT2D eigenvalue weighted by Crippen LogP contribution is 2.38. The monoisotopic (exact) mass is 471 g/mol. The summed E-state index contributed by atoms with van der Waals surface area (Å²) >= 11 is 4.16. The lowest BCUT2D eigenvalue weighted by molar-refractivity contribution is -0.694. The Balaban J connectivity index is 1.49. The standard InChI is InChI=1S/C21H18N4O3S3/c1-2-28-20(27)18-15(16-9-6-10-29-16)11-30-19(18)24-17(26)12-31-21-22-13-23-25(21)14-7-4-3-5-8-14/h3-11,13H,2,12H2,1H3,(H,24,26,27)/p+1. The van der Waals surface area contributed by atoms with Gasteiger partial charge in [0.05, 0.1) is 12.4 Å². The summed E-state index contributed by atoms with van der Waals surface area (Å²) in [6.07, 6.45) is 1.58. The Morgan fingerprint density at radius 1 is 1.19 bits per heavy atom. The average Bonchev–Trinajstić information content (AvgIpc) is 3.53. The van der Waals surface area contributed by atoms with Crippen molar-refractivity contribution in [3.8, 4) is 16.1 Å². The molecule has 158 valence electrons. The molecule has 0 radical (unpaired) electrons. The fourth-order valence-corrected chi connectivity index (χ4v) is 5.42. The van der Waals surface area contributed by atoms with Crippen LogP contribution in [0.2, 0.25) is 0 Å². The van der Waals surface area contributed by atoms with Crippen LogP contribution in [-0.4, -0.2) is 34.3 Å². The predicted octanol–water partition coefficient (Wildman–Crippen LogP) is 4.38. The zero-order valence-electron chi connectivity index (χ0n) is 16.5. The Kier molecular flexibility index (Phi) is 6.80. The number of hydrogen-bond acceptors (Lipinski definition) is 7. The molecule has 3 heterocycles. The molecule has 31 heavy (non-hydrogen) atoms. The summed E-state index contributed by atoms with van der Waals surface area (Å²) < 4.78 is 7.04. The number of anilines is 1. The van der Waals surface area contributed by atoms with Crippen LogP contribution in [-0.2, 0) is 9.53 Å². The van der Waals surface area contributed by atoms with Gasteiger partial charge in [-0.2, -0.15) is 5.10 Å². The second-order valence-corrected chi connectivity index (χ2v) is 9.00. The number of hydrogen-bond donors (Lipinski definition) is 2. The van der Waals surface area contributed by atoms with Gasteiger partial charge in [-0.05, 0) is 47.2 Å². The van der Waals surface area contributed by atoms with Crippen molar-refractivity contribution < 1.29 is 19.0 Å². The maximum atomic E-state index is 12.7. The fourth-order valence-electron chi connectivity index (χ4n) is 2.88. The number of amides is 1. The fraction of sp³-hybridized carbons (Fsp3) is 0.143. The number of carbonyl (C=O) groups excluding carboxylic acids is 2. The molecule has 10 heteroatoms. The highest BCUT2D eigenvalue weighted by molar-refractivity contribution is 7.99.